The highest BCUT2D eigenvalue weighted by Gasteiger charge is 2.21. The second-order valence-corrected chi connectivity index (χ2v) is 10.7. The molecule has 2 aromatic heterocycles. The molecule has 0 atom stereocenters. The summed E-state index contributed by atoms with van der Waals surface area (Å²) in [6, 6.07) is 10.5. The monoisotopic (exact) mass is 457 g/mol. The topological polar surface area (TPSA) is 89.5 Å². The Balaban J connectivity index is 1.54. The standard InChI is InChI=1S/C22H23N3O4S2/c1-14(2)29-22(26)25-12-10-16(11-13-25)20-24-19-9-8-18(23-21(19)30-20)15-4-6-17(7-5-15)31(3,27)28/h4-10,14H,11-13H2,1-3H3. The van der Waals surface area contributed by atoms with E-state index in [9.17, 15) is 13.2 Å². The first-order valence-electron chi connectivity index (χ1n) is 9.94. The van der Waals surface area contributed by atoms with Gasteiger partial charge in [-0.3, -0.25) is 0 Å². The number of carbonyl (C=O) groups is 1. The molecule has 0 unspecified atom stereocenters. The third-order valence-electron chi connectivity index (χ3n) is 4.91. The first-order chi connectivity index (χ1) is 14.7. The zero-order valence-electron chi connectivity index (χ0n) is 17.5. The molecule has 1 amide bonds. The van der Waals surface area contributed by atoms with Crippen molar-refractivity contribution in [1.82, 2.24) is 14.9 Å². The van der Waals surface area contributed by atoms with Gasteiger partial charge in [-0.15, -0.1) is 0 Å². The van der Waals surface area contributed by atoms with E-state index in [0.29, 0.717) is 19.5 Å². The maximum Gasteiger partial charge on any atom is 0.410 e. The fraction of sp³-hybridized carbons (Fsp3) is 0.318. The highest BCUT2D eigenvalue weighted by Crippen LogP contribution is 2.31. The first-order valence-corrected chi connectivity index (χ1v) is 12.6. The van der Waals surface area contributed by atoms with E-state index in [-0.39, 0.29) is 17.1 Å². The van der Waals surface area contributed by atoms with Crippen molar-refractivity contribution in [3.05, 3.63) is 47.5 Å². The lowest BCUT2D eigenvalue weighted by atomic mass is 10.1. The number of carbonyl (C=O) groups excluding carboxylic acids is 1. The summed E-state index contributed by atoms with van der Waals surface area (Å²) >= 11 is 1.52. The van der Waals surface area contributed by atoms with Crippen LogP contribution >= 0.6 is 11.3 Å². The maximum atomic E-state index is 12.1. The van der Waals surface area contributed by atoms with Crippen molar-refractivity contribution < 1.29 is 17.9 Å². The van der Waals surface area contributed by atoms with Gasteiger partial charge in [0.1, 0.15) is 15.4 Å². The Morgan fingerprint density at radius 2 is 1.87 bits per heavy atom. The Labute approximate surface area is 185 Å². The average molecular weight is 458 g/mol. The van der Waals surface area contributed by atoms with Gasteiger partial charge in [-0.05, 0) is 50.1 Å². The normalized spacial score (nSPS) is 14.7. The van der Waals surface area contributed by atoms with E-state index in [0.717, 1.165) is 32.2 Å². The molecule has 0 bridgehead atoms. The van der Waals surface area contributed by atoms with E-state index in [1.54, 1.807) is 29.2 Å². The van der Waals surface area contributed by atoms with Crippen LogP contribution in [0.4, 0.5) is 4.79 Å². The predicted molar refractivity (Wildman–Crippen MR) is 122 cm³/mol. The van der Waals surface area contributed by atoms with Crippen LogP contribution < -0.4 is 0 Å². The molecule has 4 rings (SSSR count). The molecule has 0 N–H and O–H groups in total. The number of pyridine rings is 1. The van der Waals surface area contributed by atoms with Crippen LogP contribution in [0.3, 0.4) is 0 Å². The van der Waals surface area contributed by atoms with Gasteiger partial charge in [-0.25, -0.2) is 23.2 Å². The lowest BCUT2D eigenvalue weighted by Gasteiger charge is -2.26. The summed E-state index contributed by atoms with van der Waals surface area (Å²) in [6.07, 6.45) is 3.51. The first kappa shape index (κ1) is 21.5. The van der Waals surface area contributed by atoms with Crippen LogP contribution in [-0.4, -0.2) is 54.8 Å². The number of rotatable bonds is 4. The number of amides is 1. The second kappa shape index (κ2) is 8.39. The fourth-order valence-corrected chi connectivity index (χ4v) is 4.93. The number of benzene rings is 1. The van der Waals surface area contributed by atoms with Crippen LogP contribution in [0, 0.1) is 0 Å². The Hall–Kier alpha value is -2.78. The summed E-state index contributed by atoms with van der Waals surface area (Å²) in [5.41, 5.74) is 3.54. The van der Waals surface area contributed by atoms with Crippen molar-refractivity contribution in [2.24, 2.45) is 0 Å². The van der Waals surface area contributed by atoms with E-state index in [1.165, 1.54) is 17.6 Å². The Bertz CT molecular complexity index is 1260. The predicted octanol–water partition coefficient (Wildman–Crippen LogP) is 4.40. The minimum absolute atomic E-state index is 0.134. The van der Waals surface area contributed by atoms with Gasteiger partial charge in [0.2, 0.25) is 0 Å². The average Bonchev–Trinajstić information content (AvgIpc) is 3.16. The molecule has 0 fully saturated rings. The zero-order valence-corrected chi connectivity index (χ0v) is 19.2. The molecule has 1 aliphatic rings. The summed E-state index contributed by atoms with van der Waals surface area (Å²) in [5, 5.41) is 0.906. The third kappa shape index (κ3) is 4.77. The van der Waals surface area contributed by atoms with Crippen LogP contribution in [0.5, 0.6) is 0 Å². The summed E-state index contributed by atoms with van der Waals surface area (Å²) < 4.78 is 28.6. The third-order valence-corrected chi connectivity index (χ3v) is 7.08. The number of hydrogen-bond acceptors (Lipinski definition) is 7. The zero-order chi connectivity index (χ0) is 22.2. The Morgan fingerprint density at radius 3 is 2.48 bits per heavy atom. The number of fused-ring (bicyclic) bond motifs is 1. The molecule has 1 aromatic carbocycles. The number of hydrogen-bond donors (Lipinski definition) is 0. The van der Waals surface area contributed by atoms with E-state index in [1.807, 2.05) is 32.1 Å². The fourth-order valence-electron chi connectivity index (χ4n) is 3.29. The molecule has 0 radical (unpaired) electrons. The Kier molecular flexibility index (Phi) is 5.81. The molecule has 0 aliphatic carbocycles. The van der Waals surface area contributed by atoms with Crippen LogP contribution in [0.2, 0.25) is 0 Å². The van der Waals surface area contributed by atoms with Gasteiger partial charge in [0, 0.05) is 24.9 Å². The van der Waals surface area contributed by atoms with Crippen molar-refractivity contribution in [2.45, 2.75) is 31.3 Å². The molecule has 0 saturated heterocycles. The molecule has 7 nitrogen and oxygen atoms in total. The molecule has 162 valence electrons. The van der Waals surface area contributed by atoms with E-state index < -0.39 is 9.84 Å². The summed E-state index contributed by atoms with van der Waals surface area (Å²) in [7, 11) is -3.23. The van der Waals surface area contributed by atoms with Gasteiger partial charge in [-0.1, -0.05) is 29.5 Å². The van der Waals surface area contributed by atoms with E-state index >= 15 is 0 Å². The van der Waals surface area contributed by atoms with Gasteiger partial charge >= 0.3 is 6.09 Å². The maximum absolute atomic E-state index is 12.1. The summed E-state index contributed by atoms with van der Waals surface area (Å²) in [4.78, 5) is 24.3. The minimum atomic E-state index is -3.23. The van der Waals surface area contributed by atoms with Crippen LogP contribution in [-0.2, 0) is 14.6 Å². The highest BCUT2D eigenvalue weighted by molar-refractivity contribution is 7.90. The molecule has 0 spiro atoms. The molecular weight excluding hydrogens is 434 g/mol. The molecular formula is C22H23N3O4S2. The Morgan fingerprint density at radius 1 is 1.13 bits per heavy atom. The van der Waals surface area contributed by atoms with Crippen molar-refractivity contribution in [2.75, 3.05) is 19.3 Å². The van der Waals surface area contributed by atoms with Crippen molar-refractivity contribution in [3.8, 4) is 11.3 Å². The summed E-state index contributed by atoms with van der Waals surface area (Å²) in [6.45, 7) is 4.78. The molecule has 9 heteroatoms. The lowest BCUT2D eigenvalue weighted by Crippen LogP contribution is -2.36. The molecule has 31 heavy (non-hydrogen) atoms. The molecule has 1 aliphatic heterocycles. The minimum Gasteiger partial charge on any atom is -0.447 e. The van der Waals surface area contributed by atoms with Gasteiger partial charge in [0.05, 0.1) is 16.7 Å². The highest BCUT2D eigenvalue weighted by atomic mass is 32.2. The largest absolute Gasteiger partial charge is 0.447 e. The van der Waals surface area contributed by atoms with Crippen LogP contribution in [0.25, 0.3) is 27.2 Å². The number of sulfone groups is 1. The number of aromatic nitrogens is 2. The molecule has 3 heterocycles. The van der Waals surface area contributed by atoms with Crippen molar-refractivity contribution in [3.63, 3.8) is 0 Å². The molecule has 3 aromatic rings. The van der Waals surface area contributed by atoms with Gasteiger partial charge < -0.3 is 9.64 Å². The van der Waals surface area contributed by atoms with Gasteiger partial charge in [-0.2, -0.15) is 0 Å². The van der Waals surface area contributed by atoms with Crippen LogP contribution in [0.15, 0.2) is 47.4 Å². The van der Waals surface area contributed by atoms with E-state index in [2.05, 4.69) is 0 Å². The lowest BCUT2D eigenvalue weighted by molar-refractivity contribution is 0.0799. The SMILES string of the molecule is CC(C)OC(=O)N1CC=C(c2nc3ccc(-c4ccc(S(C)(=O)=O)cc4)nc3s2)CC1. The van der Waals surface area contributed by atoms with Gasteiger partial charge in [0.15, 0.2) is 9.84 Å². The van der Waals surface area contributed by atoms with Gasteiger partial charge in [0.25, 0.3) is 0 Å². The quantitative estimate of drug-likeness (QED) is 0.577. The summed E-state index contributed by atoms with van der Waals surface area (Å²) in [5.74, 6) is 0. The van der Waals surface area contributed by atoms with E-state index in [4.69, 9.17) is 14.7 Å². The number of ether oxygens (including phenoxy) is 1. The van der Waals surface area contributed by atoms with Crippen molar-refractivity contribution >= 4 is 43.2 Å². The second-order valence-electron chi connectivity index (χ2n) is 7.69. The van der Waals surface area contributed by atoms with Crippen molar-refractivity contribution in [1.29, 1.82) is 0 Å². The number of thiazole rings is 1. The number of nitrogens with zero attached hydrogens (tertiary/aromatic N) is 3. The van der Waals surface area contributed by atoms with Crippen LogP contribution in [0.1, 0.15) is 25.3 Å². The smallest absolute Gasteiger partial charge is 0.410 e. The molecule has 0 saturated carbocycles.